The van der Waals surface area contributed by atoms with Crippen molar-refractivity contribution in [2.45, 2.75) is 56.9 Å². The topological polar surface area (TPSA) is 46.1 Å². The summed E-state index contributed by atoms with van der Waals surface area (Å²) in [5, 5.41) is 1.02. The Kier molecular flexibility index (Phi) is 5.77. The van der Waals surface area contributed by atoms with Gasteiger partial charge in [0.1, 0.15) is 5.03 Å². The summed E-state index contributed by atoms with van der Waals surface area (Å²) in [5.41, 5.74) is 4.73. The molecule has 0 atom stereocenters. The van der Waals surface area contributed by atoms with E-state index in [9.17, 15) is 4.79 Å². The van der Waals surface area contributed by atoms with Gasteiger partial charge in [0.2, 0.25) is 5.91 Å². The lowest BCUT2D eigenvalue weighted by Crippen LogP contribution is -2.36. The summed E-state index contributed by atoms with van der Waals surface area (Å²) in [4.78, 5) is 24.4. The Balaban J connectivity index is 1.58. The zero-order valence-electron chi connectivity index (χ0n) is 16.0. The van der Waals surface area contributed by atoms with E-state index >= 15 is 0 Å². The maximum atomic E-state index is 12.6. The normalized spacial score (nSPS) is 16.9. The smallest absolute Gasteiger partial charge is 0.232 e. The van der Waals surface area contributed by atoms with Gasteiger partial charge in [-0.1, -0.05) is 35.5 Å². The van der Waals surface area contributed by atoms with Crippen LogP contribution in [0, 0.1) is 6.92 Å². The molecule has 142 valence electrons. The van der Waals surface area contributed by atoms with Gasteiger partial charge in [-0.2, -0.15) is 0 Å². The highest BCUT2D eigenvalue weighted by molar-refractivity contribution is 7.99. The third-order valence-electron chi connectivity index (χ3n) is 5.46. The molecule has 4 rings (SSSR count). The molecule has 0 bridgehead atoms. The molecule has 0 spiro atoms. The summed E-state index contributed by atoms with van der Waals surface area (Å²) in [6.07, 6.45) is 7.94. The van der Waals surface area contributed by atoms with Crippen molar-refractivity contribution in [3.8, 4) is 11.4 Å². The SMILES string of the molecule is Cc1cccc(-c2nc3c(c(SCC(=O)N4CCCCC4)n2)CCCC3)c1. The Bertz CT molecular complexity index is 830. The number of piperidine rings is 1. The number of carbonyl (C=O) groups is 1. The summed E-state index contributed by atoms with van der Waals surface area (Å²) >= 11 is 1.61. The van der Waals surface area contributed by atoms with Gasteiger partial charge in [0, 0.05) is 29.9 Å². The second-order valence-corrected chi connectivity index (χ2v) is 8.55. The van der Waals surface area contributed by atoms with E-state index in [1.807, 2.05) is 4.90 Å². The highest BCUT2D eigenvalue weighted by atomic mass is 32.2. The van der Waals surface area contributed by atoms with Crippen molar-refractivity contribution in [3.05, 3.63) is 41.1 Å². The van der Waals surface area contributed by atoms with Crippen LogP contribution in [-0.4, -0.2) is 39.6 Å². The van der Waals surface area contributed by atoms with Gasteiger partial charge in [0.15, 0.2) is 5.82 Å². The minimum absolute atomic E-state index is 0.250. The number of aryl methyl sites for hydroxylation is 2. The summed E-state index contributed by atoms with van der Waals surface area (Å²) in [6.45, 7) is 3.92. The lowest BCUT2D eigenvalue weighted by molar-refractivity contribution is -0.129. The van der Waals surface area contributed by atoms with Crippen LogP contribution in [0.3, 0.4) is 0 Å². The number of aromatic nitrogens is 2. The average Bonchev–Trinajstić information content (AvgIpc) is 2.72. The summed E-state index contributed by atoms with van der Waals surface area (Å²) in [7, 11) is 0. The third-order valence-corrected chi connectivity index (χ3v) is 6.46. The molecular weight excluding hydrogens is 354 g/mol. The molecule has 2 aromatic rings. The fourth-order valence-electron chi connectivity index (χ4n) is 3.96. The van der Waals surface area contributed by atoms with Crippen LogP contribution in [-0.2, 0) is 17.6 Å². The highest BCUT2D eigenvalue weighted by Crippen LogP contribution is 2.31. The van der Waals surface area contributed by atoms with Gasteiger partial charge in [0.25, 0.3) is 0 Å². The average molecular weight is 382 g/mol. The number of rotatable bonds is 4. The van der Waals surface area contributed by atoms with E-state index in [2.05, 4.69) is 31.2 Å². The fourth-order valence-corrected chi connectivity index (χ4v) is 4.94. The van der Waals surface area contributed by atoms with Crippen molar-refractivity contribution in [3.63, 3.8) is 0 Å². The van der Waals surface area contributed by atoms with Crippen molar-refractivity contribution < 1.29 is 4.79 Å². The molecule has 27 heavy (non-hydrogen) atoms. The van der Waals surface area contributed by atoms with Crippen LogP contribution in [0.15, 0.2) is 29.3 Å². The number of carbonyl (C=O) groups excluding carboxylic acids is 1. The Morgan fingerprint density at radius 3 is 2.70 bits per heavy atom. The van der Waals surface area contributed by atoms with Gasteiger partial charge >= 0.3 is 0 Å². The Morgan fingerprint density at radius 2 is 1.89 bits per heavy atom. The largest absolute Gasteiger partial charge is 0.342 e. The molecule has 5 heteroatoms. The number of likely N-dealkylation sites (tertiary alicyclic amines) is 1. The predicted octanol–water partition coefficient (Wildman–Crippen LogP) is 4.44. The summed E-state index contributed by atoms with van der Waals surface area (Å²) in [5.74, 6) is 1.53. The minimum atomic E-state index is 0.250. The minimum Gasteiger partial charge on any atom is -0.342 e. The van der Waals surface area contributed by atoms with Crippen LogP contribution in [0.1, 0.15) is 48.9 Å². The van der Waals surface area contributed by atoms with Crippen molar-refractivity contribution in [1.29, 1.82) is 0 Å². The molecule has 1 aliphatic carbocycles. The summed E-state index contributed by atoms with van der Waals surface area (Å²) < 4.78 is 0. The van der Waals surface area contributed by atoms with Crippen molar-refractivity contribution in [1.82, 2.24) is 14.9 Å². The Morgan fingerprint density at radius 1 is 1.07 bits per heavy atom. The molecule has 0 saturated carbocycles. The first kappa shape index (κ1) is 18.5. The van der Waals surface area contributed by atoms with Crippen molar-refractivity contribution >= 4 is 17.7 Å². The number of benzene rings is 1. The van der Waals surface area contributed by atoms with E-state index < -0.39 is 0 Å². The second kappa shape index (κ2) is 8.42. The lowest BCUT2D eigenvalue weighted by atomic mass is 9.97. The molecule has 1 fully saturated rings. The van der Waals surface area contributed by atoms with E-state index in [1.165, 1.54) is 36.1 Å². The quantitative estimate of drug-likeness (QED) is 0.580. The van der Waals surface area contributed by atoms with Crippen LogP contribution in [0.2, 0.25) is 0 Å². The van der Waals surface area contributed by atoms with Crippen LogP contribution < -0.4 is 0 Å². The molecular formula is C22H27N3OS. The predicted molar refractivity (Wildman–Crippen MR) is 110 cm³/mol. The van der Waals surface area contributed by atoms with Gasteiger partial charge in [-0.15, -0.1) is 0 Å². The maximum Gasteiger partial charge on any atom is 0.232 e. The molecule has 1 saturated heterocycles. The van der Waals surface area contributed by atoms with Gasteiger partial charge in [-0.25, -0.2) is 9.97 Å². The summed E-state index contributed by atoms with van der Waals surface area (Å²) in [6, 6.07) is 8.36. The monoisotopic (exact) mass is 381 g/mol. The molecule has 1 aromatic heterocycles. The number of nitrogens with zero attached hydrogens (tertiary/aromatic N) is 3. The van der Waals surface area contributed by atoms with E-state index in [-0.39, 0.29) is 5.91 Å². The van der Waals surface area contributed by atoms with E-state index in [1.54, 1.807) is 11.8 Å². The van der Waals surface area contributed by atoms with Crippen molar-refractivity contribution in [2.75, 3.05) is 18.8 Å². The first-order valence-electron chi connectivity index (χ1n) is 10.1. The van der Waals surface area contributed by atoms with Crippen molar-refractivity contribution in [2.24, 2.45) is 0 Å². The van der Waals surface area contributed by atoms with Gasteiger partial charge < -0.3 is 4.90 Å². The number of amides is 1. The molecule has 2 heterocycles. The van der Waals surface area contributed by atoms with Gasteiger partial charge in [-0.05, 0) is 57.9 Å². The fraction of sp³-hybridized carbons (Fsp3) is 0.500. The molecule has 0 radical (unpaired) electrons. The Labute approximate surface area is 165 Å². The molecule has 1 aromatic carbocycles. The number of hydrogen-bond donors (Lipinski definition) is 0. The van der Waals surface area contributed by atoms with Crippen LogP contribution >= 0.6 is 11.8 Å². The molecule has 1 amide bonds. The number of hydrogen-bond acceptors (Lipinski definition) is 4. The van der Waals surface area contributed by atoms with E-state index in [4.69, 9.17) is 9.97 Å². The molecule has 4 nitrogen and oxygen atoms in total. The molecule has 0 N–H and O–H groups in total. The maximum absolute atomic E-state index is 12.6. The highest BCUT2D eigenvalue weighted by Gasteiger charge is 2.21. The van der Waals surface area contributed by atoms with Gasteiger partial charge in [-0.3, -0.25) is 4.79 Å². The molecule has 0 unspecified atom stereocenters. The van der Waals surface area contributed by atoms with Gasteiger partial charge in [0.05, 0.1) is 5.75 Å². The van der Waals surface area contributed by atoms with E-state index in [0.717, 1.165) is 55.2 Å². The zero-order chi connectivity index (χ0) is 18.6. The first-order chi connectivity index (χ1) is 13.2. The van der Waals surface area contributed by atoms with E-state index in [0.29, 0.717) is 5.75 Å². The standard InChI is InChI=1S/C22H27N3OS/c1-16-8-7-9-17(14-16)21-23-19-11-4-3-10-18(19)22(24-21)27-15-20(26)25-12-5-2-6-13-25/h7-9,14H,2-6,10-13,15H2,1H3. The zero-order valence-corrected chi connectivity index (χ0v) is 16.9. The third kappa shape index (κ3) is 4.34. The number of thioether (sulfide) groups is 1. The molecule has 2 aliphatic rings. The Hall–Kier alpha value is -1.88. The van der Waals surface area contributed by atoms with Crippen LogP contribution in [0.25, 0.3) is 11.4 Å². The second-order valence-electron chi connectivity index (χ2n) is 7.58. The number of fused-ring (bicyclic) bond motifs is 1. The first-order valence-corrected chi connectivity index (χ1v) is 11.1. The molecule has 1 aliphatic heterocycles. The van der Waals surface area contributed by atoms with Crippen LogP contribution in [0.4, 0.5) is 0 Å². The lowest BCUT2D eigenvalue weighted by Gasteiger charge is -2.26. The van der Waals surface area contributed by atoms with Crippen LogP contribution in [0.5, 0.6) is 0 Å².